The molecular formula is C20H11Cl2FN2O4. The number of aromatic hydroxyl groups is 2. The molecule has 0 radical (unpaired) electrons. The summed E-state index contributed by atoms with van der Waals surface area (Å²) in [5.41, 5.74) is 2.44. The molecule has 1 aromatic heterocycles. The Balaban J connectivity index is 1.90. The van der Waals surface area contributed by atoms with Crippen molar-refractivity contribution in [1.82, 2.24) is 0 Å². The fourth-order valence-electron chi connectivity index (χ4n) is 2.86. The van der Waals surface area contributed by atoms with E-state index in [2.05, 4.69) is 10.5 Å². The number of halogens is 3. The summed E-state index contributed by atoms with van der Waals surface area (Å²) in [7, 11) is 0. The van der Waals surface area contributed by atoms with Crippen LogP contribution in [-0.4, -0.2) is 16.4 Å². The number of benzene rings is 3. The molecule has 9 heteroatoms. The predicted octanol–water partition coefficient (Wildman–Crippen LogP) is 5.25. The summed E-state index contributed by atoms with van der Waals surface area (Å²) in [6.45, 7) is 0. The number of hydrogen-bond donors (Lipinski definition) is 3. The lowest BCUT2D eigenvalue weighted by atomic mass is 10.1. The molecule has 0 fully saturated rings. The average Bonchev–Trinajstić information content (AvgIpc) is 2.72. The highest BCUT2D eigenvalue weighted by Crippen LogP contribution is 2.45. The van der Waals surface area contributed by atoms with Crippen LogP contribution < -0.4 is 10.9 Å². The largest absolute Gasteiger partial charge is 0.505 e. The fraction of sp³-hybridized carbons (Fsp3) is 0. The Morgan fingerprint density at radius 3 is 2.52 bits per heavy atom. The zero-order chi connectivity index (χ0) is 20.7. The Kier molecular flexibility index (Phi) is 4.77. The van der Waals surface area contributed by atoms with Gasteiger partial charge >= 0.3 is 0 Å². The Hall–Kier alpha value is -3.29. The van der Waals surface area contributed by atoms with Crippen LogP contribution in [0.1, 0.15) is 5.56 Å². The lowest BCUT2D eigenvalue weighted by Gasteiger charge is -2.09. The van der Waals surface area contributed by atoms with Crippen molar-refractivity contribution in [3.8, 4) is 11.5 Å². The molecule has 0 saturated heterocycles. The molecule has 0 aliphatic heterocycles. The molecule has 0 amide bonds. The molecule has 146 valence electrons. The van der Waals surface area contributed by atoms with Crippen LogP contribution in [0.4, 0.5) is 10.1 Å². The normalized spacial score (nSPS) is 11.6. The third kappa shape index (κ3) is 3.14. The molecule has 29 heavy (non-hydrogen) atoms. The van der Waals surface area contributed by atoms with Crippen LogP contribution in [0.2, 0.25) is 10.0 Å². The molecule has 0 aliphatic carbocycles. The Labute approximate surface area is 172 Å². The summed E-state index contributed by atoms with van der Waals surface area (Å²) in [5, 5.41) is 23.3. The second kappa shape index (κ2) is 7.27. The van der Waals surface area contributed by atoms with Crippen LogP contribution in [0.15, 0.2) is 56.8 Å². The summed E-state index contributed by atoms with van der Waals surface area (Å²) >= 11 is 11.9. The van der Waals surface area contributed by atoms with Crippen molar-refractivity contribution in [2.45, 2.75) is 0 Å². The van der Waals surface area contributed by atoms with Crippen LogP contribution in [0, 0.1) is 5.82 Å². The molecule has 0 spiro atoms. The molecule has 1 heterocycles. The summed E-state index contributed by atoms with van der Waals surface area (Å²) in [5.74, 6) is -1.71. The van der Waals surface area contributed by atoms with Gasteiger partial charge in [0.05, 0.1) is 17.3 Å². The van der Waals surface area contributed by atoms with Crippen molar-refractivity contribution in [3.63, 3.8) is 0 Å². The maximum absolute atomic E-state index is 13.7. The van der Waals surface area contributed by atoms with Gasteiger partial charge in [-0.2, -0.15) is 5.10 Å². The van der Waals surface area contributed by atoms with Gasteiger partial charge in [-0.15, -0.1) is 0 Å². The van der Waals surface area contributed by atoms with E-state index < -0.39 is 27.8 Å². The summed E-state index contributed by atoms with van der Waals surface area (Å²) in [6.07, 6.45) is 1.34. The molecule has 0 aliphatic rings. The monoisotopic (exact) mass is 432 g/mol. The fourth-order valence-corrected chi connectivity index (χ4v) is 3.32. The molecule has 4 rings (SSSR count). The summed E-state index contributed by atoms with van der Waals surface area (Å²) in [6, 6.07) is 10.7. The highest BCUT2D eigenvalue weighted by molar-refractivity contribution is 6.42. The Morgan fingerprint density at radius 1 is 1.00 bits per heavy atom. The lowest BCUT2D eigenvalue weighted by molar-refractivity contribution is 0.453. The van der Waals surface area contributed by atoms with Crippen LogP contribution in [-0.2, 0) is 0 Å². The number of phenols is 2. The zero-order valence-corrected chi connectivity index (χ0v) is 15.9. The highest BCUT2D eigenvalue weighted by Gasteiger charge is 2.22. The van der Waals surface area contributed by atoms with Crippen LogP contribution in [0.5, 0.6) is 11.5 Å². The molecule has 3 N–H and O–H groups in total. The highest BCUT2D eigenvalue weighted by atomic mass is 35.5. The van der Waals surface area contributed by atoms with E-state index in [1.807, 2.05) is 0 Å². The second-order valence-corrected chi connectivity index (χ2v) is 6.79. The number of rotatable bonds is 3. The quantitative estimate of drug-likeness (QED) is 0.233. The number of hydrogen-bond acceptors (Lipinski definition) is 6. The topological polar surface area (TPSA) is 95.1 Å². The molecule has 0 unspecified atom stereocenters. The Morgan fingerprint density at radius 2 is 1.76 bits per heavy atom. The maximum atomic E-state index is 13.7. The first-order chi connectivity index (χ1) is 13.9. The number of anilines is 1. The van der Waals surface area contributed by atoms with Gasteiger partial charge in [-0.1, -0.05) is 41.4 Å². The first-order valence-electron chi connectivity index (χ1n) is 8.22. The van der Waals surface area contributed by atoms with Crippen molar-refractivity contribution in [2.75, 3.05) is 5.43 Å². The van der Waals surface area contributed by atoms with Crippen molar-refractivity contribution >= 4 is 57.0 Å². The van der Waals surface area contributed by atoms with Crippen LogP contribution in [0.25, 0.3) is 21.9 Å². The number of phenolic OH excluding ortho intramolecular Hbond substituents is 2. The first kappa shape index (κ1) is 19.0. The van der Waals surface area contributed by atoms with Gasteiger partial charge < -0.3 is 14.6 Å². The number of hydrazone groups is 1. The first-order valence-corrected chi connectivity index (χ1v) is 8.97. The van der Waals surface area contributed by atoms with E-state index in [0.29, 0.717) is 5.56 Å². The standard InChI is InChI=1S/C20H11Cl2FN2O4/c21-14-17(27)13-16(26)10-5-3-4-9(19(10)29-20(13)15(22)18(14)28)8-24-25-12-7-2-1-6-11(12)23/h1-8,25,27-28H/b24-8-. The molecule has 0 atom stereocenters. The van der Waals surface area contributed by atoms with E-state index in [-0.39, 0.29) is 32.6 Å². The van der Waals surface area contributed by atoms with Gasteiger partial charge in [0.1, 0.15) is 26.8 Å². The van der Waals surface area contributed by atoms with E-state index in [1.54, 1.807) is 24.3 Å². The molecule has 6 nitrogen and oxygen atoms in total. The number of fused-ring (bicyclic) bond motifs is 2. The van der Waals surface area contributed by atoms with E-state index >= 15 is 0 Å². The van der Waals surface area contributed by atoms with Gasteiger partial charge in [0.25, 0.3) is 0 Å². The SMILES string of the molecule is O=c1c2cccc(/C=N\Nc3ccccc3F)c2oc2c(Cl)c(O)c(Cl)c(O)c12. The number of nitrogens with zero attached hydrogens (tertiary/aromatic N) is 1. The van der Waals surface area contributed by atoms with Crippen molar-refractivity contribution in [2.24, 2.45) is 5.10 Å². The van der Waals surface area contributed by atoms with Gasteiger partial charge in [0.15, 0.2) is 17.1 Å². The zero-order valence-electron chi connectivity index (χ0n) is 14.4. The van der Waals surface area contributed by atoms with Crippen molar-refractivity contribution in [3.05, 3.63) is 74.1 Å². The molecule has 3 aromatic carbocycles. The minimum Gasteiger partial charge on any atom is -0.505 e. The van der Waals surface area contributed by atoms with E-state index in [4.69, 9.17) is 27.6 Å². The summed E-state index contributed by atoms with van der Waals surface area (Å²) < 4.78 is 19.4. The molecular weight excluding hydrogens is 422 g/mol. The van der Waals surface area contributed by atoms with E-state index in [9.17, 15) is 19.4 Å². The van der Waals surface area contributed by atoms with Gasteiger partial charge in [0.2, 0.25) is 5.43 Å². The van der Waals surface area contributed by atoms with Crippen molar-refractivity contribution < 1.29 is 19.0 Å². The van der Waals surface area contributed by atoms with Gasteiger partial charge in [-0.25, -0.2) is 4.39 Å². The Bertz CT molecular complexity index is 1370. The summed E-state index contributed by atoms with van der Waals surface area (Å²) in [4.78, 5) is 12.9. The van der Waals surface area contributed by atoms with Crippen LogP contribution >= 0.6 is 23.2 Å². The second-order valence-electron chi connectivity index (χ2n) is 6.03. The molecule has 0 saturated carbocycles. The van der Waals surface area contributed by atoms with Crippen LogP contribution in [0.3, 0.4) is 0 Å². The maximum Gasteiger partial charge on any atom is 0.204 e. The third-order valence-corrected chi connectivity index (χ3v) is 4.98. The third-order valence-electron chi connectivity index (χ3n) is 4.27. The van der Waals surface area contributed by atoms with Gasteiger partial charge in [-0.05, 0) is 24.3 Å². The molecule has 4 aromatic rings. The smallest absolute Gasteiger partial charge is 0.204 e. The predicted molar refractivity (Wildman–Crippen MR) is 111 cm³/mol. The number of para-hydroxylation sites is 2. The van der Waals surface area contributed by atoms with Gasteiger partial charge in [0, 0.05) is 5.56 Å². The van der Waals surface area contributed by atoms with E-state index in [1.165, 1.54) is 24.4 Å². The minimum atomic E-state index is -0.625. The van der Waals surface area contributed by atoms with Gasteiger partial charge in [-0.3, -0.25) is 10.2 Å². The lowest BCUT2D eigenvalue weighted by Crippen LogP contribution is -2.04. The van der Waals surface area contributed by atoms with Crippen molar-refractivity contribution in [1.29, 1.82) is 0 Å². The average molecular weight is 433 g/mol. The van der Waals surface area contributed by atoms with E-state index in [0.717, 1.165) is 0 Å². The minimum absolute atomic E-state index is 0.118. The molecule has 0 bridgehead atoms. The number of nitrogens with one attached hydrogen (secondary N) is 1.